The van der Waals surface area contributed by atoms with E-state index in [0.717, 1.165) is 35.6 Å². The van der Waals surface area contributed by atoms with Gasteiger partial charge in [0.1, 0.15) is 17.3 Å². The fraction of sp³-hybridized carbons (Fsp3) is 0.333. The molecule has 1 aliphatic heterocycles. The molecule has 1 aromatic rings. The molecule has 4 heteroatoms. The van der Waals surface area contributed by atoms with Crippen molar-refractivity contribution in [2.45, 2.75) is 19.8 Å². The molecule has 0 aromatic heterocycles. The minimum absolute atomic E-state index is 0.102. The van der Waals surface area contributed by atoms with Crippen LogP contribution in [0.3, 0.4) is 0 Å². The number of carbonyl (C=O) groups is 1. The molecule has 4 nitrogen and oxygen atoms in total. The van der Waals surface area contributed by atoms with E-state index < -0.39 is 0 Å². The molecule has 98 valence electrons. The Labute approximate surface area is 112 Å². The molecular weight excluding hydrogens is 240 g/mol. The van der Waals surface area contributed by atoms with Crippen molar-refractivity contribution in [3.63, 3.8) is 0 Å². The first-order valence-corrected chi connectivity index (χ1v) is 6.43. The van der Waals surface area contributed by atoms with Crippen molar-refractivity contribution >= 4 is 17.8 Å². The van der Waals surface area contributed by atoms with Gasteiger partial charge >= 0.3 is 0 Å². The Morgan fingerprint density at radius 2 is 2.21 bits per heavy atom. The van der Waals surface area contributed by atoms with Crippen LogP contribution in [-0.4, -0.2) is 18.9 Å². The number of amidine groups is 1. The molecule has 1 N–H and O–H groups in total. The number of nitrogens with one attached hydrogen (secondary N) is 1. The van der Waals surface area contributed by atoms with Crippen molar-refractivity contribution in [2.75, 3.05) is 7.11 Å². The van der Waals surface area contributed by atoms with E-state index in [0.29, 0.717) is 11.6 Å². The fourth-order valence-electron chi connectivity index (χ4n) is 2.19. The standard InChI is InChI=1S/C15H16N2O2/c1-9-7-10(3-6-13(9)19-2)8-12-15(18)17-14(16-12)11-4-5-11/h3,6-8,11H,4-5H2,1-2H3,(H,16,17,18)/b12-8+. The zero-order valence-electron chi connectivity index (χ0n) is 11.1. The van der Waals surface area contributed by atoms with Gasteiger partial charge in [-0.15, -0.1) is 0 Å². The summed E-state index contributed by atoms with van der Waals surface area (Å²) in [4.78, 5) is 16.2. The molecule has 0 bridgehead atoms. The largest absolute Gasteiger partial charge is 0.496 e. The molecule has 0 saturated heterocycles. The molecule has 1 aliphatic carbocycles. The Balaban J connectivity index is 1.88. The third kappa shape index (κ3) is 2.38. The van der Waals surface area contributed by atoms with E-state index in [4.69, 9.17) is 4.74 Å². The van der Waals surface area contributed by atoms with Crippen molar-refractivity contribution in [2.24, 2.45) is 10.9 Å². The van der Waals surface area contributed by atoms with Gasteiger partial charge in [-0.1, -0.05) is 6.07 Å². The number of aliphatic imine (C=N–C) groups is 1. The smallest absolute Gasteiger partial charge is 0.275 e. The number of hydrogen-bond donors (Lipinski definition) is 1. The zero-order valence-corrected chi connectivity index (χ0v) is 11.1. The highest BCUT2D eigenvalue weighted by molar-refractivity contribution is 6.15. The second kappa shape index (κ2) is 4.53. The van der Waals surface area contributed by atoms with Crippen LogP contribution in [-0.2, 0) is 4.79 Å². The molecule has 1 amide bonds. The van der Waals surface area contributed by atoms with Crippen molar-refractivity contribution in [1.82, 2.24) is 5.32 Å². The van der Waals surface area contributed by atoms with E-state index in [1.165, 1.54) is 0 Å². The van der Waals surface area contributed by atoms with Crippen molar-refractivity contribution in [1.29, 1.82) is 0 Å². The van der Waals surface area contributed by atoms with Crippen LogP contribution in [0, 0.1) is 12.8 Å². The van der Waals surface area contributed by atoms with Crippen LogP contribution in [0.2, 0.25) is 0 Å². The Kier molecular flexibility index (Phi) is 2.85. The average molecular weight is 256 g/mol. The van der Waals surface area contributed by atoms with Gasteiger partial charge in [0.05, 0.1) is 7.11 Å². The number of methoxy groups -OCH3 is 1. The molecule has 19 heavy (non-hydrogen) atoms. The first-order chi connectivity index (χ1) is 9.17. The van der Waals surface area contributed by atoms with Crippen molar-refractivity contribution < 1.29 is 9.53 Å². The van der Waals surface area contributed by atoms with Crippen LogP contribution in [0.15, 0.2) is 28.9 Å². The number of rotatable bonds is 3. The van der Waals surface area contributed by atoms with Gasteiger partial charge in [0.2, 0.25) is 0 Å². The first kappa shape index (κ1) is 12.0. The van der Waals surface area contributed by atoms with E-state index in [9.17, 15) is 4.79 Å². The van der Waals surface area contributed by atoms with Crippen molar-refractivity contribution in [3.8, 4) is 5.75 Å². The van der Waals surface area contributed by atoms with Gasteiger partial charge in [-0.25, -0.2) is 4.99 Å². The van der Waals surface area contributed by atoms with Crippen LogP contribution in [0.4, 0.5) is 0 Å². The molecule has 0 spiro atoms. The zero-order chi connectivity index (χ0) is 13.4. The number of aryl methyl sites for hydroxylation is 1. The van der Waals surface area contributed by atoms with Crippen molar-refractivity contribution in [3.05, 3.63) is 35.0 Å². The lowest BCUT2D eigenvalue weighted by atomic mass is 10.1. The Morgan fingerprint density at radius 3 is 2.84 bits per heavy atom. The quantitative estimate of drug-likeness (QED) is 0.843. The summed E-state index contributed by atoms with van der Waals surface area (Å²) in [5, 5.41) is 2.84. The monoisotopic (exact) mass is 256 g/mol. The predicted molar refractivity (Wildman–Crippen MR) is 74.0 cm³/mol. The summed E-state index contributed by atoms with van der Waals surface area (Å²) in [5.74, 6) is 2.05. The molecule has 1 aromatic carbocycles. The predicted octanol–water partition coefficient (Wildman–Crippen LogP) is 2.28. The first-order valence-electron chi connectivity index (χ1n) is 6.43. The SMILES string of the molecule is COc1ccc(/C=C2/N=C(C3CC3)NC2=O)cc1C. The number of ether oxygens (including phenoxy) is 1. The van der Waals surface area contributed by atoms with E-state index in [2.05, 4.69) is 10.3 Å². The van der Waals surface area contributed by atoms with Crippen LogP contribution in [0.25, 0.3) is 6.08 Å². The number of hydrogen-bond acceptors (Lipinski definition) is 3. The topological polar surface area (TPSA) is 50.7 Å². The summed E-state index contributed by atoms with van der Waals surface area (Å²) in [6, 6.07) is 5.82. The Morgan fingerprint density at radius 1 is 1.42 bits per heavy atom. The van der Waals surface area contributed by atoms with E-state index in [-0.39, 0.29) is 5.91 Å². The Hall–Kier alpha value is -2.10. The maximum atomic E-state index is 11.8. The van der Waals surface area contributed by atoms with Crippen LogP contribution < -0.4 is 10.1 Å². The summed E-state index contributed by atoms with van der Waals surface area (Å²) in [6.45, 7) is 1.98. The highest BCUT2D eigenvalue weighted by Crippen LogP contribution is 2.32. The highest BCUT2D eigenvalue weighted by atomic mass is 16.5. The van der Waals surface area contributed by atoms with Crippen LogP contribution >= 0.6 is 0 Å². The highest BCUT2D eigenvalue weighted by Gasteiger charge is 2.33. The van der Waals surface area contributed by atoms with Gasteiger partial charge in [0.15, 0.2) is 0 Å². The summed E-state index contributed by atoms with van der Waals surface area (Å²) in [5.41, 5.74) is 2.50. The van der Waals surface area contributed by atoms with E-state index in [1.54, 1.807) is 7.11 Å². The van der Waals surface area contributed by atoms with Gasteiger partial charge in [0.25, 0.3) is 5.91 Å². The molecule has 3 rings (SSSR count). The number of nitrogens with zero attached hydrogens (tertiary/aromatic N) is 1. The summed E-state index contributed by atoms with van der Waals surface area (Å²) < 4.78 is 5.22. The second-order valence-electron chi connectivity index (χ2n) is 4.98. The molecule has 0 unspecified atom stereocenters. The molecular formula is C15H16N2O2. The molecule has 1 fully saturated rings. The molecule has 0 atom stereocenters. The number of amides is 1. The summed E-state index contributed by atoms with van der Waals surface area (Å²) in [7, 11) is 1.65. The van der Waals surface area contributed by atoms with Gasteiger partial charge in [-0.2, -0.15) is 0 Å². The Bertz CT molecular complexity index is 598. The van der Waals surface area contributed by atoms with Gasteiger partial charge in [-0.05, 0) is 49.1 Å². The molecule has 1 saturated carbocycles. The van der Waals surface area contributed by atoms with Gasteiger partial charge < -0.3 is 10.1 Å². The molecule has 0 radical (unpaired) electrons. The maximum Gasteiger partial charge on any atom is 0.275 e. The third-order valence-electron chi connectivity index (χ3n) is 3.40. The minimum Gasteiger partial charge on any atom is -0.496 e. The van der Waals surface area contributed by atoms with E-state index >= 15 is 0 Å². The molecule has 2 aliphatic rings. The van der Waals surface area contributed by atoms with Crippen LogP contribution in [0.5, 0.6) is 5.75 Å². The summed E-state index contributed by atoms with van der Waals surface area (Å²) in [6.07, 6.45) is 4.08. The normalized spacial score (nSPS) is 20.4. The lowest BCUT2D eigenvalue weighted by Gasteiger charge is -2.04. The molecule has 1 heterocycles. The second-order valence-corrected chi connectivity index (χ2v) is 4.98. The number of benzene rings is 1. The third-order valence-corrected chi connectivity index (χ3v) is 3.40. The number of carbonyl (C=O) groups excluding carboxylic acids is 1. The van der Waals surface area contributed by atoms with Crippen LogP contribution in [0.1, 0.15) is 24.0 Å². The van der Waals surface area contributed by atoms with Gasteiger partial charge in [-0.3, -0.25) is 4.79 Å². The summed E-state index contributed by atoms with van der Waals surface area (Å²) >= 11 is 0. The minimum atomic E-state index is -0.102. The average Bonchev–Trinajstić information content (AvgIpc) is 3.16. The lowest BCUT2D eigenvalue weighted by molar-refractivity contribution is -0.115. The van der Waals surface area contributed by atoms with Gasteiger partial charge in [0, 0.05) is 5.92 Å². The lowest BCUT2D eigenvalue weighted by Crippen LogP contribution is -2.25. The van der Waals surface area contributed by atoms with E-state index in [1.807, 2.05) is 31.2 Å². The maximum absolute atomic E-state index is 11.8. The fourth-order valence-corrected chi connectivity index (χ4v) is 2.19.